The van der Waals surface area contributed by atoms with Gasteiger partial charge in [0.2, 0.25) is 0 Å². The van der Waals surface area contributed by atoms with E-state index in [1.54, 1.807) is 185 Å². The number of rotatable bonds is 2. The summed E-state index contributed by atoms with van der Waals surface area (Å²) in [5.74, 6) is -0.172. The molecule has 33 rings (SSSR count). The second-order valence-corrected chi connectivity index (χ2v) is 25.1. The first-order valence-corrected chi connectivity index (χ1v) is 25.8. The van der Waals surface area contributed by atoms with Gasteiger partial charge in [0, 0.05) is 29.0 Å². The molecule has 70 heavy (non-hydrogen) atoms. The van der Waals surface area contributed by atoms with Gasteiger partial charge in [-0.2, -0.15) is 0 Å². The van der Waals surface area contributed by atoms with E-state index in [2.05, 4.69) is 30.3 Å². The van der Waals surface area contributed by atoms with E-state index in [0.717, 1.165) is 0 Å². The molecule has 292 valence electrons. The predicted molar refractivity (Wildman–Crippen MR) is 290 cm³/mol. The average Bonchev–Trinajstić information content (AvgIpc) is 4.25. The zero-order valence-corrected chi connectivity index (χ0v) is 35.7. The van der Waals surface area contributed by atoms with Crippen molar-refractivity contribution >= 4 is 286 Å². The molecule has 0 heterocycles. The van der Waals surface area contributed by atoms with Crippen LogP contribution in [0.4, 0.5) is 0 Å². The molecule has 5 aliphatic carbocycles. The Bertz CT molecular complexity index is 7460. The summed E-state index contributed by atoms with van der Waals surface area (Å²) < 4.78 is 7.80. The molecule has 0 fully saturated rings. The van der Waals surface area contributed by atoms with Crippen LogP contribution >= 0.6 is 0 Å². The molecule has 0 saturated heterocycles. The van der Waals surface area contributed by atoms with Crippen LogP contribution in [0.25, 0.3) is 280 Å². The highest BCUT2D eigenvalue weighted by Gasteiger charge is 2.68. The second-order valence-electron chi connectivity index (χ2n) is 25.1. The predicted octanol–water partition coefficient (Wildman–Crippen LogP) is 17.5. The zero-order valence-electron chi connectivity index (χ0n) is 35.7. The summed E-state index contributed by atoms with van der Waals surface area (Å²) in [6.45, 7) is 1.73. The molecule has 2 heteroatoms. The van der Waals surface area contributed by atoms with Crippen LogP contribution < -0.4 is 0 Å². The van der Waals surface area contributed by atoms with E-state index in [4.69, 9.17) is 4.74 Å². The average molecular weight is 857 g/mol. The van der Waals surface area contributed by atoms with Gasteiger partial charge in [-0.25, -0.2) is 0 Å². The first-order chi connectivity index (χ1) is 34.8. The lowest BCUT2D eigenvalue weighted by molar-refractivity contribution is -0.150. The number of hydrogen-bond donors (Lipinski definition) is 0. The fourth-order valence-electron chi connectivity index (χ4n) is 24.7. The third-order valence-corrected chi connectivity index (χ3v) is 24.7. The molecule has 0 spiro atoms. The number of ether oxygens (including phenoxy) is 1. The number of carbonyl (C=O) groups is 1. The maximum Gasteiger partial charge on any atom is 0.304 e. The van der Waals surface area contributed by atoms with Crippen molar-refractivity contribution in [1.29, 1.82) is 0 Å². The van der Waals surface area contributed by atoms with E-state index in [0.29, 0.717) is 0 Å². The SMILES string of the molecule is CC(=O)OC12c3c4c5c6c7c8c9c%10c(c1c1c%11c2c2c%12c3c5c3c5c%12c%12c2c2c%11c%11c%13c1c%10c1c%10c9c9c7c7c6c3c3c5c5c%12c6c2c%11c2c(c%131)c1c%10c9c9c7c3c3c9c1c2c6c53)C48c1ccccc1. The molecule has 28 aromatic carbocycles. The molecule has 0 amide bonds. The van der Waals surface area contributed by atoms with Gasteiger partial charge in [0.15, 0.2) is 5.60 Å². The minimum absolute atomic E-state index is 0.172. The molecular formula is C68H8O2. The third-order valence-electron chi connectivity index (χ3n) is 24.7. The van der Waals surface area contributed by atoms with Crippen LogP contribution in [0.3, 0.4) is 0 Å². The molecular weight excluding hydrogens is 849 g/mol. The lowest BCUT2D eigenvalue weighted by Crippen LogP contribution is -2.45. The molecule has 2 nitrogen and oxygen atoms in total. The molecule has 0 N–H and O–H groups in total. The van der Waals surface area contributed by atoms with Crippen molar-refractivity contribution < 1.29 is 9.53 Å². The maximum atomic E-state index is 14.9. The molecule has 0 aromatic heterocycles. The Morgan fingerprint density at radius 3 is 0.771 bits per heavy atom. The Balaban J connectivity index is 1.22. The normalized spacial score (nSPS) is 21.7. The zero-order chi connectivity index (χ0) is 41.9. The molecule has 0 aliphatic heterocycles. The first-order valence-electron chi connectivity index (χ1n) is 25.8. The number of hydrogen-bond acceptors (Lipinski definition) is 2. The van der Waals surface area contributed by atoms with Crippen LogP contribution in [-0.2, 0) is 20.5 Å². The van der Waals surface area contributed by atoms with Gasteiger partial charge in [-0.05, 0) is 297 Å². The van der Waals surface area contributed by atoms with Gasteiger partial charge in [0.05, 0.1) is 5.41 Å². The Kier molecular flexibility index (Phi) is 2.19. The van der Waals surface area contributed by atoms with Crippen molar-refractivity contribution in [3.05, 3.63) is 69.3 Å². The summed E-state index contributed by atoms with van der Waals surface area (Å²) in [4.78, 5) is 14.9. The molecule has 2 atom stereocenters. The van der Waals surface area contributed by atoms with Gasteiger partial charge in [-0.1, -0.05) is 30.3 Å². The Labute approximate surface area is 380 Å². The van der Waals surface area contributed by atoms with Gasteiger partial charge in [0.1, 0.15) is 0 Å². The lowest BCUT2D eigenvalue weighted by Gasteiger charge is -2.48. The highest BCUT2D eigenvalue weighted by molar-refractivity contribution is 6.81. The molecule has 0 bridgehead atoms. The largest absolute Gasteiger partial charge is 0.444 e. The summed E-state index contributed by atoms with van der Waals surface area (Å²) >= 11 is 0. The number of carbonyl (C=O) groups excluding carboxylic acids is 1. The lowest BCUT2D eigenvalue weighted by atomic mass is 9.55. The monoisotopic (exact) mass is 856 g/mol. The van der Waals surface area contributed by atoms with Gasteiger partial charge in [-0.15, -0.1) is 0 Å². The van der Waals surface area contributed by atoms with Gasteiger partial charge >= 0.3 is 5.97 Å². The van der Waals surface area contributed by atoms with E-state index >= 15 is 0 Å². The minimum atomic E-state index is -1.08. The van der Waals surface area contributed by atoms with Gasteiger partial charge < -0.3 is 4.74 Å². The van der Waals surface area contributed by atoms with Crippen LogP contribution in [-0.4, -0.2) is 5.97 Å². The van der Waals surface area contributed by atoms with Crippen molar-refractivity contribution in [2.75, 3.05) is 0 Å². The van der Waals surface area contributed by atoms with Crippen molar-refractivity contribution in [3.63, 3.8) is 0 Å². The smallest absolute Gasteiger partial charge is 0.304 e. The molecule has 2 unspecified atom stereocenters. The molecule has 5 aliphatic rings. The maximum absolute atomic E-state index is 14.9. The topological polar surface area (TPSA) is 26.3 Å². The van der Waals surface area contributed by atoms with E-state index in [9.17, 15) is 4.79 Å². The van der Waals surface area contributed by atoms with Crippen LogP contribution in [0.15, 0.2) is 30.3 Å². The van der Waals surface area contributed by atoms with Crippen LogP contribution in [0.2, 0.25) is 0 Å². The summed E-state index contributed by atoms with van der Waals surface area (Å²) in [7, 11) is 0. The summed E-state index contributed by atoms with van der Waals surface area (Å²) in [6.07, 6.45) is 0. The van der Waals surface area contributed by atoms with E-state index in [1.165, 1.54) is 141 Å². The second kappa shape index (κ2) is 5.88. The third kappa shape index (κ3) is 1.37. The van der Waals surface area contributed by atoms with E-state index in [1.807, 2.05) is 0 Å². The quantitative estimate of drug-likeness (QED) is 0.128. The van der Waals surface area contributed by atoms with Crippen LogP contribution in [0.1, 0.15) is 45.9 Å². The van der Waals surface area contributed by atoms with E-state index in [-0.39, 0.29) is 5.97 Å². The standard InChI is InChI=1S/C68H8O2/c1-7(69)70-68-62-54-45-38-25-18-12-11-13-9-10-14(12)23(25)29-27-16(10)19-15(9)26-28-22(13)24-17(11)20-21(18)32-39-31(20)40-37(24)44-42(28)46-33(26)35-30(19)36-34(27)47(43(29)45)58(62)60-49(36)48(35)59-57(46)61-53(44)50(40)55-52(39)56(51(54)41(32)38)65(68)63(55)67(61,64(59)66(60)68)8-5-3-2-4-6-8/h2-6H,1H3. The van der Waals surface area contributed by atoms with Crippen molar-refractivity contribution in [2.45, 2.75) is 17.9 Å². The molecule has 0 saturated carbocycles. The summed E-state index contributed by atoms with van der Waals surface area (Å²) in [5, 5.41) is 80.6. The Morgan fingerprint density at radius 1 is 0.257 bits per heavy atom. The number of benzene rings is 18. The highest BCUT2D eigenvalue weighted by atomic mass is 16.6. The van der Waals surface area contributed by atoms with Crippen molar-refractivity contribution in [1.82, 2.24) is 0 Å². The Morgan fingerprint density at radius 2 is 0.457 bits per heavy atom. The summed E-state index contributed by atoms with van der Waals surface area (Å²) in [6, 6.07) is 11.9. The van der Waals surface area contributed by atoms with Gasteiger partial charge in [0.25, 0.3) is 0 Å². The Hall–Kier alpha value is -8.85. The van der Waals surface area contributed by atoms with Crippen molar-refractivity contribution in [2.24, 2.45) is 0 Å². The van der Waals surface area contributed by atoms with Crippen molar-refractivity contribution in [3.8, 4) is 0 Å². The fourth-order valence-corrected chi connectivity index (χ4v) is 24.7. The van der Waals surface area contributed by atoms with Crippen LogP contribution in [0, 0.1) is 0 Å². The summed E-state index contributed by atoms with van der Waals surface area (Å²) in [5.41, 5.74) is 8.22. The van der Waals surface area contributed by atoms with Crippen LogP contribution in [0.5, 0.6) is 0 Å². The molecule has 28 aromatic rings. The highest BCUT2D eigenvalue weighted by Crippen LogP contribution is 2.84. The fraction of sp³-hybridized carbons (Fsp3) is 0.0441. The first kappa shape index (κ1) is 26.1. The van der Waals surface area contributed by atoms with E-state index < -0.39 is 11.0 Å². The number of esters is 1. The minimum Gasteiger partial charge on any atom is -0.444 e. The van der Waals surface area contributed by atoms with Gasteiger partial charge in [-0.3, -0.25) is 4.79 Å². The molecule has 0 radical (unpaired) electrons.